The average Bonchev–Trinajstić information content (AvgIpc) is 3.05. The van der Waals surface area contributed by atoms with Crippen molar-refractivity contribution in [2.75, 3.05) is 11.9 Å². The van der Waals surface area contributed by atoms with Crippen molar-refractivity contribution in [2.24, 2.45) is 5.92 Å². The quantitative estimate of drug-likeness (QED) is 0.706. The van der Waals surface area contributed by atoms with Crippen LogP contribution in [-0.4, -0.2) is 56.6 Å². The van der Waals surface area contributed by atoms with Crippen molar-refractivity contribution >= 4 is 16.6 Å². The summed E-state index contributed by atoms with van der Waals surface area (Å²) in [5.74, 6) is 1.27. The van der Waals surface area contributed by atoms with Gasteiger partial charge in [-0.1, -0.05) is 6.92 Å². The van der Waals surface area contributed by atoms with Gasteiger partial charge >= 0.3 is 0 Å². The van der Waals surface area contributed by atoms with Gasteiger partial charge in [-0.15, -0.1) is 10.2 Å². The molecule has 2 bridgehead atoms. The fraction of sp³-hybridized carbons (Fsp3) is 0.429. The number of hydrogen-bond acceptors (Lipinski definition) is 7. The first-order valence-corrected chi connectivity index (χ1v) is 9.91. The van der Waals surface area contributed by atoms with Crippen molar-refractivity contribution in [1.29, 1.82) is 0 Å². The summed E-state index contributed by atoms with van der Waals surface area (Å²) in [5.41, 5.74) is 0.502. The van der Waals surface area contributed by atoms with Crippen LogP contribution in [0.15, 0.2) is 36.8 Å². The fourth-order valence-electron chi connectivity index (χ4n) is 4.73. The number of aromatic hydroxyl groups is 1. The van der Waals surface area contributed by atoms with E-state index < -0.39 is 6.17 Å². The monoisotopic (exact) mass is 394 g/mol. The predicted octanol–water partition coefficient (Wildman–Crippen LogP) is 2.71. The number of fused-ring (bicyclic) bond motifs is 3. The molecule has 0 spiro atoms. The van der Waals surface area contributed by atoms with Crippen LogP contribution < -0.4 is 10.2 Å². The number of hydrogen-bond donors (Lipinski definition) is 2. The molecule has 2 aliphatic rings. The Bertz CT molecular complexity index is 1050. The Balaban J connectivity index is 1.41. The van der Waals surface area contributed by atoms with E-state index in [0.717, 1.165) is 23.6 Å². The third kappa shape index (κ3) is 3.07. The zero-order valence-electron chi connectivity index (χ0n) is 16.3. The van der Waals surface area contributed by atoms with Crippen LogP contribution in [0.3, 0.4) is 0 Å². The normalized spacial score (nSPS) is 28.6. The van der Waals surface area contributed by atoms with Crippen molar-refractivity contribution < 1.29 is 9.50 Å². The molecular formula is C21H23FN6O. The lowest BCUT2D eigenvalue weighted by Crippen LogP contribution is -2.56. The number of piperidine rings is 1. The first-order valence-electron chi connectivity index (χ1n) is 9.91. The number of anilines is 1. The van der Waals surface area contributed by atoms with E-state index in [1.807, 2.05) is 24.1 Å². The third-order valence-corrected chi connectivity index (χ3v) is 6.34. The molecule has 2 aliphatic heterocycles. The molecule has 0 amide bonds. The van der Waals surface area contributed by atoms with E-state index in [2.05, 4.69) is 32.4 Å². The molecular weight excluding hydrogens is 371 g/mol. The van der Waals surface area contributed by atoms with E-state index in [-0.39, 0.29) is 17.8 Å². The molecule has 0 saturated carbocycles. The number of nitrogens with one attached hydrogen (secondary N) is 1. The summed E-state index contributed by atoms with van der Waals surface area (Å²) in [6.45, 7) is 2.11. The number of alkyl halides is 1. The van der Waals surface area contributed by atoms with Crippen LogP contribution in [0, 0.1) is 5.92 Å². The molecule has 29 heavy (non-hydrogen) atoms. The average molecular weight is 394 g/mol. The second kappa shape index (κ2) is 6.88. The summed E-state index contributed by atoms with van der Waals surface area (Å²) >= 11 is 0. The second-order valence-corrected chi connectivity index (χ2v) is 8.19. The molecule has 8 heteroatoms. The maximum atomic E-state index is 15.1. The van der Waals surface area contributed by atoms with Crippen LogP contribution in [-0.2, 0) is 0 Å². The van der Waals surface area contributed by atoms with Crippen LogP contribution in [0.5, 0.6) is 5.75 Å². The smallest absolute Gasteiger partial charge is 0.185 e. The number of benzene rings is 1. The maximum Gasteiger partial charge on any atom is 0.185 e. The summed E-state index contributed by atoms with van der Waals surface area (Å²) in [6, 6.07) is 5.31. The molecule has 2 aromatic heterocycles. The number of pyridine rings is 1. The van der Waals surface area contributed by atoms with Gasteiger partial charge in [0, 0.05) is 36.9 Å². The summed E-state index contributed by atoms with van der Waals surface area (Å²) in [5, 5.41) is 24.0. The highest BCUT2D eigenvalue weighted by Crippen LogP contribution is 2.36. The van der Waals surface area contributed by atoms with E-state index in [0.29, 0.717) is 29.2 Å². The fourth-order valence-corrected chi connectivity index (χ4v) is 4.73. The van der Waals surface area contributed by atoms with Gasteiger partial charge in [0.2, 0.25) is 0 Å². The van der Waals surface area contributed by atoms with E-state index in [1.54, 1.807) is 24.7 Å². The lowest BCUT2D eigenvalue weighted by molar-refractivity contribution is 0.162. The minimum absolute atomic E-state index is 0.0705. The van der Waals surface area contributed by atoms with Gasteiger partial charge in [-0.25, -0.2) is 9.37 Å². The molecule has 150 valence electrons. The summed E-state index contributed by atoms with van der Waals surface area (Å²) in [7, 11) is 1.85. The zero-order valence-corrected chi connectivity index (χ0v) is 16.3. The number of nitrogens with zero attached hydrogens (tertiary/aromatic N) is 5. The van der Waals surface area contributed by atoms with Gasteiger partial charge in [0.05, 0.1) is 17.8 Å². The Morgan fingerprint density at radius 1 is 1.17 bits per heavy atom. The Kier molecular flexibility index (Phi) is 4.31. The molecule has 0 aliphatic carbocycles. The van der Waals surface area contributed by atoms with E-state index in [9.17, 15) is 5.11 Å². The third-order valence-electron chi connectivity index (χ3n) is 6.34. The predicted molar refractivity (Wildman–Crippen MR) is 108 cm³/mol. The highest BCUT2D eigenvalue weighted by molar-refractivity contribution is 5.88. The number of halogens is 1. The van der Waals surface area contributed by atoms with Crippen LogP contribution >= 0.6 is 0 Å². The highest BCUT2D eigenvalue weighted by Gasteiger charge is 2.47. The van der Waals surface area contributed by atoms with Crippen LogP contribution in [0.25, 0.3) is 22.2 Å². The summed E-state index contributed by atoms with van der Waals surface area (Å²) in [4.78, 5) is 10.3. The molecule has 7 nitrogen and oxygen atoms in total. The molecule has 2 N–H and O–H groups in total. The Hall–Kier alpha value is -2.87. The number of phenols is 1. The van der Waals surface area contributed by atoms with Crippen LogP contribution in [0.4, 0.5) is 10.2 Å². The van der Waals surface area contributed by atoms with E-state index in [1.165, 1.54) is 0 Å². The standard InChI is InChI=1S/C21H23FN6O/c1-11-5-14-8-16(19(22)20(11)25-14)28(2)18-10-24-21(27-26-18)15-6-12-3-4-23-9-13(12)7-17(15)29/h3-4,6-7,9-11,14,16,19-20,25,29H,5,8H2,1-2H3/t11?,14?,16-,19+,20?/m0/s1. The molecule has 2 fully saturated rings. The molecule has 5 atom stereocenters. The molecule has 5 rings (SSSR count). The largest absolute Gasteiger partial charge is 0.507 e. The van der Waals surface area contributed by atoms with Gasteiger partial charge < -0.3 is 15.3 Å². The SMILES string of the molecule is CC1CC2C[C@H](N(C)c3cnc(-c4cc5ccncc5cc4O)nn3)[C@@H](F)C1N2. The maximum absolute atomic E-state index is 15.1. The molecule has 3 aromatic rings. The summed E-state index contributed by atoms with van der Waals surface area (Å²) in [6.07, 6.45) is 5.76. The highest BCUT2D eigenvalue weighted by atomic mass is 19.1. The van der Waals surface area contributed by atoms with Gasteiger partial charge in [-0.2, -0.15) is 0 Å². The Morgan fingerprint density at radius 3 is 2.83 bits per heavy atom. The van der Waals surface area contributed by atoms with Crippen molar-refractivity contribution in [3.05, 3.63) is 36.8 Å². The van der Waals surface area contributed by atoms with Crippen molar-refractivity contribution in [3.8, 4) is 17.1 Å². The lowest BCUT2D eigenvalue weighted by atomic mass is 9.94. The van der Waals surface area contributed by atoms with Crippen molar-refractivity contribution in [1.82, 2.24) is 25.5 Å². The van der Waals surface area contributed by atoms with Gasteiger partial charge in [-0.05, 0) is 42.3 Å². The van der Waals surface area contributed by atoms with Crippen molar-refractivity contribution in [2.45, 2.75) is 44.1 Å². The minimum Gasteiger partial charge on any atom is -0.507 e. The lowest BCUT2D eigenvalue weighted by Gasteiger charge is -2.39. The zero-order chi connectivity index (χ0) is 20.1. The first-order chi connectivity index (χ1) is 14.0. The topological polar surface area (TPSA) is 87.1 Å². The number of rotatable bonds is 3. The Labute approximate surface area is 168 Å². The van der Waals surface area contributed by atoms with Gasteiger partial charge in [-0.3, -0.25) is 4.98 Å². The van der Waals surface area contributed by atoms with Crippen LogP contribution in [0.1, 0.15) is 19.8 Å². The van der Waals surface area contributed by atoms with Gasteiger partial charge in [0.15, 0.2) is 11.6 Å². The molecule has 0 radical (unpaired) electrons. The van der Waals surface area contributed by atoms with E-state index in [4.69, 9.17) is 0 Å². The molecule has 4 heterocycles. The Morgan fingerprint density at radius 2 is 2.03 bits per heavy atom. The number of phenolic OH excluding ortho intramolecular Hbond substituents is 1. The first kappa shape index (κ1) is 18.2. The van der Waals surface area contributed by atoms with E-state index >= 15 is 4.39 Å². The number of aromatic nitrogens is 4. The van der Waals surface area contributed by atoms with Gasteiger partial charge in [0.25, 0.3) is 0 Å². The molecule has 3 unspecified atom stereocenters. The summed E-state index contributed by atoms with van der Waals surface area (Å²) < 4.78 is 15.1. The minimum atomic E-state index is -0.964. The second-order valence-electron chi connectivity index (χ2n) is 8.19. The van der Waals surface area contributed by atoms with Crippen LogP contribution in [0.2, 0.25) is 0 Å². The van der Waals surface area contributed by atoms with Crippen molar-refractivity contribution in [3.63, 3.8) is 0 Å². The van der Waals surface area contributed by atoms with Gasteiger partial charge in [0.1, 0.15) is 11.9 Å². The molecule has 2 saturated heterocycles. The molecule has 1 aromatic carbocycles.